The molecule has 1 atom stereocenters. The number of hydrogen-bond acceptors (Lipinski definition) is 3. The van der Waals surface area contributed by atoms with E-state index in [4.69, 9.17) is 11.6 Å². The lowest BCUT2D eigenvalue weighted by Gasteiger charge is -2.14. The second-order valence-electron chi connectivity index (χ2n) is 5.61. The third-order valence-electron chi connectivity index (χ3n) is 4.03. The normalized spacial score (nSPS) is 18.6. The maximum Gasteiger partial charge on any atom is 0.246 e. The van der Waals surface area contributed by atoms with Crippen molar-refractivity contribution in [2.24, 2.45) is 5.92 Å². The van der Waals surface area contributed by atoms with E-state index in [9.17, 15) is 4.79 Å². The fourth-order valence-electron chi connectivity index (χ4n) is 2.88. The number of likely N-dealkylation sites (tertiary alicyclic amines) is 1. The van der Waals surface area contributed by atoms with Crippen LogP contribution in [-0.2, 0) is 4.79 Å². The minimum absolute atomic E-state index is 0.0760. The molecule has 1 unspecified atom stereocenters. The van der Waals surface area contributed by atoms with Crippen molar-refractivity contribution in [3.8, 4) is 0 Å². The second kappa shape index (κ2) is 6.82. The van der Waals surface area contributed by atoms with Gasteiger partial charge in [-0.3, -0.25) is 4.79 Å². The number of carbonyl (C=O) groups excluding carboxylic acids is 1. The summed E-state index contributed by atoms with van der Waals surface area (Å²) < 4.78 is 1.15. The molecule has 0 bridgehead atoms. The van der Waals surface area contributed by atoms with Crippen LogP contribution in [0, 0.1) is 5.92 Å². The van der Waals surface area contributed by atoms with Crippen LogP contribution in [0.1, 0.15) is 11.3 Å². The third kappa shape index (κ3) is 3.19. The van der Waals surface area contributed by atoms with Gasteiger partial charge < -0.3 is 10.2 Å². The molecule has 3 rings (SSSR count). The number of amides is 1. The molecule has 1 amide bonds. The molecule has 1 aromatic carbocycles. The van der Waals surface area contributed by atoms with E-state index >= 15 is 0 Å². The molecule has 0 radical (unpaired) electrons. The van der Waals surface area contributed by atoms with Gasteiger partial charge in [0.2, 0.25) is 5.91 Å². The summed E-state index contributed by atoms with van der Waals surface area (Å²) in [4.78, 5) is 15.1. The van der Waals surface area contributed by atoms with Gasteiger partial charge in [-0.1, -0.05) is 29.8 Å². The fourth-order valence-corrected chi connectivity index (χ4v) is 4.28. The first-order valence-electron chi connectivity index (χ1n) is 7.47. The summed E-state index contributed by atoms with van der Waals surface area (Å²) in [5.74, 6) is 0.641. The van der Waals surface area contributed by atoms with E-state index in [-0.39, 0.29) is 5.91 Å². The molecule has 1 N–H and O–H groups in total. The Morgan fingerprint density at radius 2 is 2.32 bits per heavy atom. The minimum atomic E-state index is 0.0760. The Bertz CT molecular complexity index is 710. The molecule has 1 aliphatic heterocycles. The Morgan fingerprint density at radius 3 is 3.09 bits per heavy atom. The summed E-state index contributed by atoms with van der Waals surface area (Å²) in [5, 5.41) is 4.97. The molecule has 1 fully saturated rings. The topological polar surface area (TPSA) is 32.3 Å². The van der Waals surface area contributed by atoms with Crippen molar-refractivity contribution in [2.45, 2.75) is 6.42 Å². The quantitative estimate of drug-likeness (QED) is 0.866. The van der Waals surface area contributed by atoms with Crippen LogP contribution in [0.3, 0.4) is 0 Å². The molecule has 1 aliphatic rings. The average Bonchev–Trinajstić information content (AvgIpc) is 3.11. The Hall–Kier alpha value is -1.36. The van der Waals surface area contributed by atoms with Gasteiger partial charge in [0.05, 0.1) is 5.02 Å². The molecule has 0 aliphatic carbocycles. The Kier molecular flexibility index (Phi) is 4.81. The van der Waals surface area contributed by atoms with Crippen LogP contribution in [0.15, 0.2) is 30.3 Å². The van der Waals surface area contributed by atoms with Crippen LogP contribution in [0.25, 0.3) is 16.2 Å². The number of hydrogen-bond donors (Lipinski definition) is 1. The summed E-state index contributed by atoms with van der Waals surface area (Å²) in [6, 6.07) is 8.04. The maximum absolute atomic E-state index is 12.3. The maximum atomic E-state index is 12.3. The zero-order valence-electron chi connectivity index (χ0n) is 12.5. The van der Waals surface area contributed by atoms with E-state index in [0.717, 1.165) is 46.0 Å². The largest absolute Gasteiger partial charge is 0.339 e. The highest BCUT2D eigenvalue weighted by Gasteiger charge is 2.24. The summed E-state index contributed by atoms with van der Waals surface area (Å²) >= 11 is 8.01. The predicted molar refractivity (Wildman–Crippen MR) is 94.5 cm³/mol. The van der Waals surface area contributed by atoms with E-state index in [1.165, 1.54) is 0 Å². The summed E-state index contributed by atoms with van der Waals surface area (Å²) in [5.41, 5.74) is 0. The molecule has 116 valence electrons. The first-order valence-corrected chi connectivity index (χ1v) is 8.67. The van der Waals surface area contributed by atoms with Crippen molar-refractivity contribution in [3.63, 3.8) is 0 Å². The van der Waals surface area contributed by atoms with Crippen LogP contribution in [0.2, 0.25) is 5.02 Å². The van der Waals surface area contributed by atoms with Gasteiger partial charge in [-0.25, -0.2) is 0 Å². The van der Waals surface area contributed by atoms with Crippen LogP contribution >= 0.6 is 22.9 Å². The number of fused-ring (bicyclic) bond motifs is 1. The van der Waals surface area contributed by atoms with Gasteiger partial charge >= 0.3 is 0 Å². The molecular weight excluding hydrogens is 316 g/mol. The SMILES string of the molecule is CNCC1CCN(C(=O)/C=C/c2sc3ccccc3c2Cl)C1. The Morgan fingerprint density at radius 1 is 1.50 bits per heavy atom. The lowest BCUT2D eigenvalue weighted by Crippen LogP contribution is -2.28. The highest BCUT2D eigenvalue weighted by atomic mass is 35.5. The summed E-state index contributed by atoms with van der Waals surface area (Å²) in [6.45, 7) is 2.65. The lowest BCUT2D eigenvalue weighted by molar-refractivity contribution is -0.125. The van der Waals surface area contributed by atoms with E-state index in [1.807, 2.05) is 42.3 Å². The fraction of sp³-hybridized carbons (Fsp3) is 0.353. The molecule has 1 aromatic heterocycles. The van der Waals surface area contributed by atoms with Gasteiger partial charge in [0, 0.05) is 34.1 Å². The highest BCUT2D eigenvalue weighted by Crippen LogP contribution is 2.35. The highest BCUT2D eigenvalue weighted by molar-refractivity contribution is 7.20. The number of halogens is 1. The number of nitrogens with zero attached hydrogens (tertiary/aromatic N) is 1. The number of nitrogens with one attached hydrogen (secondary N) is 1. The number of carbonyl (C=O) groups is 1. The van der Waals surface area contributed by atoms with Crippen molar-refractivity contribution in [3.05, 3.63) is 40.2 Å². The van der Waals surface area contributed by atoms with Crippen molar-refractivity contribution in [1.82, 2.24) is 10.2 Å². The Labute approximate surface area is 139 Å². The first-order chi connectivity index (χ1) is 10.7. The smallest absolute Gasteiger partial charge is 0.246 e. The van der Waals surface area contributed by atoms with E-state index < -0.39 is 0 Å². The molecule has 2 heterocycles. The standard InChI is InChI=1S/C17H19ClN2OS/c1-19-10-12-8-9-20(11-12)16(21)7-6-15-17(18)13-4-2-3-5-14(13)22-15/h2-7,12,19H,8-11H2,1H3/b7-6+. The van der Waals surface area contributed by atoms with Crippen molar-refractivity contribution >= 4 is 45.0 Å². The molecular formula is C17H19ClN2OS. The first kappa shape index (κ1) is 15.5. The van der Waals surface area contributed by atoms with Crippen molar-refractivity contribution < 1.29 is 4.79 Å². The number of rotatable bonds is 4. The lowest BCUT2D eigenvalue weighted by atomic mass is 10.1. The predicted octanol–water partition coefficient (Wildman–Crippen LogP) is 3.64. The zero-order valence-corrected chi connectivity index (χ0v) is 14.1. The minimum Gasteiger partial charge on any atom is -0.339 e. The van der Waals surface area contributed by atoms with Crippen LogP contribution in [0.4, 0.5) is 0 Å². The van der Waals surface area contributed by atoms with Crippen molar-refractivity contribution in [1.29, 1.82) is 0 Å². The number of thiophene rings is 1. The summed E-state index contributed by atoms with van der Waals surface area (Å²) in [6.07, 6.45) is 4.57. The van der Waals surface area contributed by atoms with Crippen LogP contribution < -0.4 is 5.32 Å². The molecule has 3 nitrogen and oxygen atoms in total. The van der Waals surface area contributed by atoms with Gasteiger partial charge in [-0.15, -0.1) is 11.3 Å². The second-order valence-corrected chi connectivity index (χ2v) is 7.07. The molecule has 0 spiro atoms. The zero-order chi connectivity index (χ0) is 15.5. The van der Waals surface area contributed by atoms with Gasteiger partial charge in [-0.2, -0.15) is 0 Å². The molecule has 22 heavy (non-hydrogen) atoms. The van der Waals surface area contributed by atoms with Gasteiger partial charge in [0.1, 0.15) is 0 Å². The summed E-state index contributed by atoms with van der Waals surface area (Å²) in [7, 11) is 1.95. The average molecular weight is 335 g/mol. The molecule has 2 aromatic rings. The van der Waals surface area contributed by atoms with Crippen LogP contribution in [-0.4, -0.2) is 37.5 Å². The monoisotopic (exact) mass is 334 g/mol. The van der Waals surface area contributed by atoms with Gasteiger partial charge in [0.15, 0.2) is 0 Å². The third-order valence-corrected chi connectivity index (χ3v) is 5.68. The van der Waals surface area contributed by atoms with Gasteiger partial charge in [0.25, 0.3) is 0 Å². The van der Waals surface area contributed by atoms with E-state index in [2.05, 4.69) is 5.32 Å². The van der Waals surface area contributed by atoms with Crippen molar-refractivity contribution in [2.75, 3.05) is 26.7 Å². The van der Waals surface area contributed by atoms with Crippen LogP contribution in [0.5, 0.6) is 0 Å². The molecule has 5 heteroatoms. The number of benzene rings is 1. The molecule has 1 saturated heterocycles. The van der Waals surface area contributed by atoms with E-state index in [1.54, 1.807) is 17.4 Å². The van der Waals surface area contributed by atoms with E-state index in [0.29, 0.717) is 5.92 Å². The Balaban J connectivity index is 1.70. The molecule has 0 saturated carbocycles. The van der Waals surface area contributed by atoms with Gasteiger partial charge in [-0.05, 0) is 38.1 Å².